The molecule has 1 aliphatic rings. The van der Waals surface area contributed by atoms with Gasteiger partial charge in [0, 0.05) is 0 Å². The molecule has 0 spiro atoms. The Morgan fingerprint density at radius 1 is 1.30 bits per heavy atom. The van der Waals surface area contributed by atoms with Gasteiger partial charge in [0.2, 0.25) is 0 Å². The Morgan fingerprint density at radius 2 is 2.00 bits per heavy atom. The maximum atomic E-state index is 13.4. The molecule has 2 atom stereocenters. The van der Waals surface area contributed by atoms with Crippen LogP contribution in [0.25, 0.3) is 0 Å². The number of hydrogen-bond donors (Lipinski definition) is 0. The van der Waals surface area contributed by atoms with E-state index in [0.29, 0.717) is 12.0 Å². The topological polar surface area (TPSA) is 52.6 Å². The Bertz CT molecular complexity index is 528. The largest absolute Gasteiger partial charge is 0.466 e. The van der Waals surface area contributed by atoms with Gasteiger partial charge in [-0.2, -0.15) is 0 Å². The monoisotopic (exact) mass is 280 g/mol. The van der Waals surface area contributed by atoms with Crippen LogP contribution in [0.4, 0.5) is 4.39 Å². The lowest BCUT2D eigenvalue weighted by Crippen LogP contribution is -2.28. The molecule has 0 bridgehead atoms. The second-order valence-corrected chi connectivity index (χ2v) is 4.71. The van der Waals surface area contributed by atoms with Crippen molar-refractivity contribution in [3.63, 3.8) is 0 Å². The van der Waals surface area contributed by atoms with E-state index in [1.807, 2.05) is 0 Å². The van der Waals surface area contributed by atoms with Crippen molar-refractivity contribution in [2.75, 3.05) is 13.2 Å². The number of halogens is 1. The maximum absolute atomic E-state index is 13.4. The second-order valence-electron chi connectivity index (χ2n) is 4.71. The Morgan fingerprint density at radius 3 is 2.60 bits per heavy atom. The van der Waals surface area contributed by atoms with Crippen LogP contribution in [-0.4, -0.2) is 25.2 Å². The first kappa shape index (κ1) is 14.5. The zero-order valence-electron chi connectivity index (χ0n) is 11.5. The van der Waals surface area contributed by atoms with Crippen LogP contribution in [0.1, 0.15) is 25.8 Å². The van der Waals surface area contributed by atoms with Crippen LogP contribution in [0.3, 0.4) is 0 Å². The number of carbonyl (C=O) groups excluding carboxylic acids is 2. The molecule has 0 radical (unpaired) electrons. The van der Waals surface area contributed by atoms with Gasteiger partial charge in [-0.3, -0.25) is 9.59 Å². The zero-order chi connectivity index (χ0) is 14.8. The van der Waals surface area contributed by atoms with E-state index < -0.39 is 29.1 Å². The first-order valence-corrected chi connectivity index (χ1v) is 6.66. The van der Waals surface area contributed by atoms with Gasteiger partial charge in [0.25, 0.3) is 0 Å². The first-order chi connectivity index (χ1) is 9.56. The fourth-order valence-corrected chi connectivity index (χ4v) is 2.48. The number of rotatable bonds is 5. The lowest BCUT2D eigenvalue weighted by molar-refractivity contribution is -0.152. The van der Waals surface area contributed by atoms with Crippen molar-refractivity contribution in [2.45, 2.75) is 25.7 Å². The summed E-state index contributed by atoms with van der Waals surface area (Å²) < 4.78 is 23.4. The van der Waals surface area contributed by atoms with Gasteiger partial charge in [-0.05, 0) is 38.0 Å². The molecule has 108 valence electrons. The summed E-state index contributed by atoms with van der Waals surface area (Å²) >= 11 is 0. The minimum Gasteiger partial charge on any atom is -0.466 e. The Kier molecular flexibility index (Phi) is 4.06. The van der Waals surface area contributed by atoms with Crippen molar-refractivity contribution in [1.29, 1.82) is 0 Å². The van der Waals surface area contributed by atoms with Gasteiger partial charge in [0.1, 0.15) is 11.2 Å². The average molecular weight is 280 g/mol. The highest BCUT2D eigenvalue weighted by atomic mass is 19.1. The predicted molar refractivity (Wildman–Crippen MR) is 69.5 cm³/mol. The number of esters is 2. The standard InChI is InChI=1S/C15H17FO4/c1-3-19-13(17)12-9-15(12,14(18)20-4-2)10-6-5-7-11(16)8-10/h5-8,12H,3-4,9H2,1-2H3/t12-,15+/m1/s1. The Hall–Kier alpha value is -1.91. The minimum absolute atomic E-state index is 0.214. The number of ether oxygens (including phenoxy) is 2. The molecule has 0 amide bonds. The van der Waals surface area contributed by atoms with Crippen molar-refractivity contribution < 1.29 is 23.5 Å². The van der Waals surface area contributed by atoms with Crippen molar-refractivity contribution in [2.24, 2.45) is 5.92 Å². The first-order valence-electron chi connectivity index (χ1n) is 6.66. The summed E-state index contributed by atoms with van der Waals surface area (Å²) in [5.74, 6) is -1.97. The third-order valence-corrected chi connectivity index (χ3v) is 3.51. The third kappa shape index (κ3) is 2.40. The zero-order valence-corrected chi connectivity index (χ0v) is 11.5. The molecule has 1 aromatic carbocycles. The summed E-state index contributed by atoms with van der Waals surface area (Å²) in [5, 5.41) is 0. The van der Waals surface area contributed by atoms with Gasteiger partial charge in [0.15, 0.2) is 0 Å². The molecule has 0 aromatic heterocycles. The van der Waals surface area contributed by atoms with Crippen molar-refractivity contribution in [3.8, 4) is 0 Å². The van der Waals surface area contributed by atoms with Gasteiger partial charge in [-0.15, -0.1) is 0 Å². The van der Waals surface area contributed by atoms with Crippen LogP contribution in [0.5, 0.6) is 0 Å². The molecule has 1 aliphatic carbocycles. The van der Waals surface area contributed by atoms with E-state index in [2.05, 4.69) is 0 Å². The summed E-state index contributed by atoms with van der Waals surface area (Å²) in [6.45, 7) is 3.86. The van der Waals surface area contributed by atoms with Gasteiger partial charge in [-0.25, -0.2) is 4.39 Å². The third-order valence-electron chi connectivity index (χ3n) is 3.51. The van der Waals surface area contributed by atoms with E-state index in [9.17, 15) is 14.0 Å². The summed E-state index contributed by atoms with van der Waals surface area (Å²) in [4.78, 5) is 24.1. The summed E-state index contributed by atoms with van der Waals surface area (Å²) in [6, 6.07) is 5.73. The lowest BCUT2D eigenvalue weighted by Gasteiger charge is -2.16. The molecule has 20 heavy (non-hydrogen) atoms. The number of hydrogen-bond acceptors (Lipinski definition) is 4. The summed E-state index contributed by atoms with van der Waals surface area (Å²) in [5.41, 5.74) is -0.626. The average Bonchev–Trinajstić information content (AvgIpc) is 3.16. The highest BCUT2D eigenvalue weighted by Gasteiger charge is 2.66. The quantitative estimate of drug-likeness (QED) is 0.776. The summed E-state index contributed by atoms with van der Waals surface area (Å²) in [6.07, 6.45) is 0.300. The van der Waals surface area contributed by atoms with Crippen molar-refractivity contribution in [3.05, 3.63) is 35.6 Å². The van der Waals surface area contributed by atoms with Crippen LogP contribution >= 0.6 is 0 Å². The molecule has 0 N–H and O–H groups in total. The molecule has 0 aliphatic heterocycles. The normalized spacial score (nSPS) is 24.1. The molecule has 2 rings (SSSR count). The van der Waals surface area contributed by atoms with E-state index in [0.717, 1.165) is 0 Å². The van der Waals surface area contributed by atoms with E-state index in [-0.39, 0.29) is 13.2 Å². The van der Waals surface area contributed by atoms with E-state index in [1.54, 1.807) is 19.9 Å². The summed E-state index contributed by atoms with van der Waals surface area (Å²) in [7, 11) is 0. The highest BCUT2D eigenvalue weighted by Crippen LogP contribution is 2.55. The van der Waals surface area contributed by atoms with E-state index in [4.69, 9.17) is 9.47 Å². The minimum atomic E-state index is -1.09. The lowest BCUT2D eigenvalue weighted by atomic mass is 9.93. The number of carbonyl (C=O) groups is 2. The fraction of sp³-hybridized carbons (Fsp3) is 0.467. The molecule has 1 saturated carbocycles. The molecule has 0 heterocycles. The highest BCUT2D eigenvalue weighted by molar-refractivity contribution is 5.96. The van der Waals surface area contributed by atoms with Crippen molar-refractivity contribution >= 4 is 11.9 Å². The van der Waals surface area contributed by atoms with E-state index >= 15 is 0 Å². The second kappa shape index (κ2) is 5.61. The van der Waals surface area contributed by atoms with Gasteiger partial charge < -0.3 is 9.47 Å². The molecule has 1 fully saturated rings. The molecule has 0 unspecified atom stereocenters. The van der Waals surface area contributed by atoms with Crippen LogP contribution in [0, 0.1) is 11.7 Å². The van der Waals surface area contributed by atoms with E-state index in [1.165, 1.54) is 18.2 Å². The Balaban J connectivity index is 2.33. The van der Waals surface area contributed by atoms with Crippen LogP contribution in [0.2, 0.25) is 0 Å². The predicted octanol–water partition coefficient (Wildman–Crippen LogP) is 2.21. The molecular weight excluding hydrogens is 263 g/mol. The molecule has 0 saturated heterocycles. The SMILES string of the molecule is CCOC(=O)[C@H]1C[C@]1(C(=O)OCC)c1cccc(F)c1. The Labute approximate surface area is 116 Å². The van der Waals surface area contributed by atoms with Crippen LogP contribution in [0.15, 0.2) is 24.3 Å². The van der Waals surface area contributed by atoms with Gasteiger partial charge >= 0.3 is 11.9 Å². The van der Waals surface area contributed by atoms with Crippen LogP contribution < -0.4 is 0 Å². The van der Waals surface area contributed by atoms with Gasteiger partial charge in [-0.1, -0.05) is 12.1 Å². The van der Waals surface area contributed by atoms with Crippen LogP contribution in [-0.2, 0) is 24.5 Å². The smallest absolute Gasteiger partial charge is 0.317 e. The molecular formula is C15H17FO4. The van der Waals surface area contributed by atoms with Crippen molar-refractivity contribution in [1.82, 2.24) is 0 Å². The molecule has 4 nitrogen and oxygen atoms in total. The molecule has 5 heteroatoms. The molecule has 1 aromatic rings. The number of benzene rings is 1. The fourth-order valence-electron chi connectivity index (χ4n) is 2.48. The maximum Gasteiger partial charge on any atom is 0.317 e. The van der Waals surface area contributed by atoms with Gasteiger partial charge in [0.05, 0.1) is 19.1 Å².